The molecule has 1 fully saturated rings. The zero-order valence-electron chi connectivity index (χ0n) is 12.7. The Labute approximate surface area is 131 Å². The summed E-state index contributed by atoms with van der Waals surface area (Å²) in [4.78, 5) is 11.4. The molecule has 1 saturated carbocycles. The number of hydrogen-bond donors (Lipinski definition) is 3. The minimum Gasteiger partial charge on any atom is -0.366 e. The average molecular weight is 325 g/mol. The number of carbonyl (C=O) groups excluding carboxylic acids is 1. The van der Waals surface area contributed by atoms with E-state index >= 15 is 0 Å². The lowest BCUT2D eigenvalue weighted by Gasteiger charge is -2.23. The van der Waals surface area contributed by atoms with E-state index in [1.54, 1.807) is 13.0 Å². The lowest BCUT2D eigenvalue weighted by atomic mass is 9.99. The van der Waals surface area contributed by atoms with Crippen LogP contribution in [0.25, 0.3) is 0 Å². The van der Waals surface area contributed by atoms with Crippen molar-refractivity contribution in [2.24, 2.45) is 17.4 Å². The predicted molar refractivity (Wildman–Crippen MR) is 84.8 cm³/mol. The van der Waals surface area contributed by atoms with Crippen molar-refractivity contribution in [3.05, 3.63) is 29.3 Å². The lowest BCUT2D eigenvalue weighted by molar-refractivity contribution is 0.0999. The fourth-order valence-corrected chi connectivity index (χ4v) is 4.34. The van der Waals surface area contributed by atoms with Gasteiger partial charge in [0.25, 0.3) is 0 Å². The number of nitrogens with two attached hydrogens (primary N) is 2. The fraction of sp³-hybridized carbons (Fsp3) is 0.533. The van der Waals surface area contributed by atoms with Crippen LogP contribution in [0.2, 0.25) is 0 Å². The van der Waals surface area contributed by atoms with Gasteiger partial charge in [0, 0.05) is 18.2 Å². The summed E-state index contributed by atoms with van der Waals surface area (Å²) in [5.41, 5.74) is 11.9. The van der Waals surface area contributed by atoms with Gasteiger partial charge in [0.1, 0.15) is 0 Å². The van der Waals surface area contributed by atoms with Crippen LogP contribution in [0.1, 0.15) is 41.6 Å². The van der Waals surface area contributed by atoms with E-state index < -0.39 is 15.9 Å². The summed E-state index contributed by atoms with van der Waals surface area (Å²) in [5, 5.41) is 0. The normalized spacial score (nSPS) is 17.5. The average Bonchev–Trinajstić information content (AvgIpc) is 2.98. The van der Waals surface area contributed by atoms with Crippen molar-refractivity contribution < 1.29 is 13.2 Å². The number of amides is 1. The van der Waals surface area contributed by atoms with Crippen LogP contribution in [-0.2, 0) is 10.0 Å². The first-order valence-electron chi connectivity index (χ1n) is 7.48. The molecule has 0 bridgehead atoms. The summed E-state index contributed by atoms with van der Waals surface area (Å²) in [6, 6.07) is 4.11. The predicted octanol–water partition coefficient (Wildman–Crippen LogP) is 0.890. The van der Waals surface area contributed by atoms with E-state index in [1.165, 1.54) is 12.1 Å². The summed E-state index contributed by atoms with van der Waals surface area (Å²) in [6.45, 7) is 1.98. The molecular weight excluding hydrogens is 302 g/mol. The van der Waals surface area contributed by atoms with Crippen LogP contribution in [0.4, 0.5) is 0 Å². The van der Waals surface area contributed by atoms with Crippen molar-refractivity contribution in [3.63, 3.8) is 0 Å². The minimum absolute atomic E-state index is 0.0448. The summed E-state index contributed by atoms with van der Waals surface area (Å²) in [7, 11) is -3.72. The Balaban J connectivity index is 2.25. The van der Waals surface area contributed by atoms with Crippen LogP contribution in [-0.4, -0.2) is 26.9 Å². The van der Waals surface area contributed by atoms with Crippen LogP contribution >= 0.6 is 0 Å². The first-order valence-corrected chi connectivity index (χ1v) is 8.96. The van der Waals surface area contributed by atoms with E-state index in [2.05, 4.69) is 4.72 Å². The zero-order chi connectivity index (χ0) is 16.3. The van der Waals surface area contributed by atoms with Crippen molar-refractivity contribution in [3.8, 4) is 0 Å². The van der Waals surface area contributed by atoms with E-state index in [1.807, 2.05) is 0 Å². The maximum atomic E-state index is 12.5. The first-order chi connectivity index (χ1) is 10.3. The molecule has 1 aliphatic rings. The number of sulfonamides is 1. The van der Waals surface area contributed by atoms with Gasteiger partial charge < -0.3 is 11.5 Å². The topological polar surface area (TPSA) is 115 Å². The van der Waals surface area contributed by atoms with Crippen LogP contribution in [0, 0.1) is 12.8 Å². The molecule has 1 aromatic carbocycles. The summed E-state index contributed by atoms with van der Waals surface area (Å²) >= 11 is 0. The van der Waals surface area contributed by atoms with E-state index in [0.717, 1.165) is 25.7 Å². The Morgan fingerprint density at radius 2 is 2.00 bits per heavy atom. The molecule has 0 radical (unpaired) electrons. The monoisotopic (exact) mass is 325 g/mol. The SMILES string of the molecule is Cc1ccc(S(=O)(=O)NC(CN)C2CCCC2)cc1C(N)=O. The van der Waals surface area contributed by atoms with Gasteiger partial charge in [-0.05, 0) is 43.4 Å². The van der Waals surface area contributed by atoms with Gasteiger partial charge in [-0.3, -0.25) is 4.79 Å². The van der Waals surface area contributed by atoms with Crippen molar-refractivity contribution >= 4 is 15.9 Å². The number of carbonyl (C=O) groups is 1. The molecule has 2 rings (SSSR count). The van der Waals surface area contributed by atoms with Crippen molar-refractivity contribution in [2.45, 2.75) is 43.5 Å². The fourth-order valence-electron chi connectivity index (χ4n) is 3.00. The first kappa shape index (κ1) is 16.9. The quantitative estimate of drug-likeness (QED) is 0.720. The standard InChI is InChI=1S/C15H23N3O3S/c1-10-6-7-12(8-13(10)15(17)19)22(20,21)18-14(9-16)11-4-2-3-5-11/h6-8,11,14,18H,2-5,9,16H2,1H3,(H2,17,19). The van der Waals surface area contributed by atoms with E-state index in [4.69, 9.17) is 11.5 Å². The van der Waals surface area contributed by atoms with E-state index in [-0.39, 0.29) is 29.0 Å². The van der Waals surface area contributed by atoms with Crippen LogP contribution in [0.15, 0.2) is 23.1 Å². The van der Waals surface area contributed by atoms with Gasteiger partial charge in [0.2, 0.25) is 15.9 Å². The molecule has 0 saturated heterocycles. The van der Waals surface area contributed by atoms with E-state index in [9.17, 15) is 13.2 Å². The van der Waals surface area contributed by atoms with Crippen molar-refractivity contribution in [2.75, 3.05) is 6.54 Å². The van der Waals surface area contributed by atoms with Gasteiger partial charge in [-0.15, -0.1) is 0 Å². The highest BCUT2D eigenvalue weighted by atomic mass is 32.2. The Hall–Kier alpha value is -1.44. The second-order valence-corrected chi connectivity index (χ2v) is 7.56. The minimum atomic E-state index is -3.72. The molecule has 5 N–H and O–H groups in total. The molecule has 1 aromatic rings. The van der Waals surface area contributed by atoms with Crippen LogP contribution in [0.3, 0.4) is 0 Å². The zero-order valence-corrected chi connectivity index (χ0v) is 13.5. The Bertz CT molecular complexity index is 652. The van der Waals surface area contributed by atoms with Gasteiger partial charge in [-0.2, -0.15) is 0 Å². The van der Waals surface area contributed by atoms with Crippen LogP contribution < -0.4 is 16.2 Å². The van der Waals surface area contributed by atoms with Crippen LogP contribution in [0.5, 0.6) is 0 Å². The summed E-state index contributed by atoms with van der Waals surface area (Å²) < 4.78 is 27.7. The molecule has 122 valence electrons. The second kappa shape index (κ2) is 6.76. The number of aryl methyl sites for hydroxylation is 1. The maximum absolute atomic E-state index is 12.5. The molecule has 1 atom stereocenters. The Kier molecular flexibility index (Phi) is 5.20. The van der Waals surface area contributed by atoms with E-state index in [0.29, 0.717) is 5.56 Å². The molecule has 1 aliphatic carbocycles. The highest BCUT2D eigenvalue weighted by molar-refractivity contribution is 7.89. The molecule has 7 heteroatoms. The lowest BCUT2D eigenvalue weighted by Crippen LogP contribution is -2.44. The molecule has 1 amide bonds. The Morgan fingerprint density at radius 1 is 1.36 bits per heavy atom. The highest BCUT2D eigenvalue weighted by Gasteiger charge is 2.28. The van der Waals surface area contributed by atoms with Gasteiger partial charge in [-0.1, -0.05) is 18.9 Å². The molecule has 0 aromatic heterocycles. The third-order valence-corrected chi connectivity index (χ3v) is 5.80. The summed E-state index contributed by atoms with van der Waals surface area (Å²) in [6.07, 6.45) is 4.20. The molecule has 1 unspecified atom stereocenters. The molecule has 22 heavy (non-hydrogen) atoms. The highest BCUT2D eigenvalue weighted by Crippen LogP contribution is 2.28. The number of primary amides is 1. The third kappa shape index (κ3) is 3.66. The van der Waals surface area contributed by atoms with Gasteiger partial charge >= 0.3 is 0 Å². The Morgan fingerprint density at radius 3 is 2.55 bits per heavy atom. The smallest absolute Gasteiger partial charge is 0.249 e. The number of hydrogen-bond acceptors (Lipinski definition) is 4. The molecule has 0 spiro atoms. The largest absolute Gasteiger partial charge is 0.366 e. The van der Waals surface area contributed by atoms with Crippen molar-refractivity contribution in [1.29, 1.82) is 0 Å². The van der Waals surface area contributed by atoms with Gasteiger partial charge in [0.15, 0.2) is 0 Å². The molecule has 6 nitrogen and oxygen atoms in total. The molecular formula is C15H23N3O3S. The number of benzene rings is 1. The number of nitrogens with one attached hydrogen (secondary N) is 1. The van der Waals surface area contributed by atoms with Crippen molar-refractivity contribution in [1.82, 2.24) is 4.72 Å². The molecule has 0 heterocycles. The third-order valence-electron chi connectivity index (χ3n) is 4.31. The second-order valence-electron chi connectivity index (χ2n) is 5.85. The van der Waals surface area contributed by atoms with Gasteiger partial charge in [-0.25, -0.2) is 13.1 Å². The number of rotatable bonds is 6. The maximum Gasteiger partial charge on any atom is 0.249 e. The summed E-state index contributed by atoms with van der Waals surface area (Å²) in [5.74, 6) is -0.360. The van der Waals surface area contributed by atoms with Gasteiger partial charge in [0.05, 0.1) is 4.90 Å². The molecule has 0 aliphatic heterocycles.